The third-order valence-corrected chi connectivity index (χ3v) is 2.20. The molecule has 1 fully saturated rings. The Morgan fingerprint density at radius 3 is 2.75 bits per heavy atom. The van der Waals surface area contributed by atoms with Crippen LogP contribution in [0.4, 0.5) is 0 Å². The predicted molar refractivity (Wildman–Crippen MR) is 42.3 cm³/mol. The first-order valence-electron chi connectivity index (χ1n) is 4.19. The molecule has 1 saturated carbocycles. The van der Waals surface area contributed by atoms with E-state index < -0.39 is 6.10 Å². The molecule has 0 aromatic carbocycles. The molecule has 1 aliphatic carbocycles. The van der Waals surface area contributed by atoms with Crippen LogP contribution in [0.5, 0.6) is 0 Å². The Morgan fingerprint density at radius 2 is 2.25 bits per heavy atom. The number of hydrogen-bond donors (Lipinski definition) is 2. The predicted octanol–water partition coefficient (Wildman–Crippen LogP) is 1.22. The molecule has 0 spiro atoms. The summed E-state index contributed by atoms with van der Waals surface area (Å²) in [6.45, 7) is -0.0998. The van der Waals surface area contributed by atoms with Gasteiger partial charge in [0.15, 0.2) is 0 Å². The van der Waals surface area contributed by atoms with E-state index in [2.05, 4.69) is 0 Å². The Hall–Kier alpha value is -0.800. The SMILES string of the molecule is OCc1ccc(C(O)C2CC2)o1. The zero-order chi connectivity index (χ0) is 8.55. The van der Waals surface area contributed by atoms with Crippen molar-refractivity contribution in [3.8, 4) is 0 Å². The van der Waals surface area contributed by atoms with Gasteiger partial charge in [0, 0.05) is 0 Å². The van der Waals surface area contributed by atoms with Crippen LogP contribution >= 0.6 is 0 Å². The van der Waals surface area contributed by atoms with Gasteiger partial charge < -0.3 is 14.6 Å². The maximum absolute atomic E-state index is 9.59. The van der Waals surface area contributed by atoms with Crippen molar-refractivity contribution in [2.75, 3.05) is 0 Å². The molecular weight excluding hydrogens is 156 g/mol. The maximum Gasteiger partial charge on any atom is 0.133 e. The van der Waals surface area contributed by atoms with Crippen molar-refractivity contribution < 1.29 is 14.6 Å². The molecule has 0 radical (unpaired) electrons. The minimum absolute atomic E-state index is 0.0998. The molecule has 2 rings (SSSR count). The van der Waals surface area contributed by atoms with Crippen LogP contribution in [0.2, 0.25) is 0 Å². The molecule has 1 unspecified atom stereocenters. The Balaban J connectivity index is 2.10. The van der Waals surface area contributed by atoms with E-state index in [1.54, 1.807) is 12.1 Å². The summed E-state index contributed by atoms with van der Waals surface area (Å²) in [6.07, 6.45) is 1.69. The smallest absolute Gasteiger partial charge is 0.133 e. The molecule has 2 N–H and O–H groups in total. The Morgan fingerprint density at radius 1 is 1.50 bits per heavy atom. The van der Waals surface area contributed by atoms with Crippen LogP contribution in [0.3, 0.4) is 0 Å². The zero-order valence-corrected chi connectivity index (χ0v) is 6.73. The maximum atomic E-state index is 9.59. The minimum atomic E-state index is -0.467. The summed E-state index contributed by atoms with van der Waals surface area (Å²) in [5.41, 5.74) is 0. The van der Waals surface area contributed by atoms with E-state index in [0.717, 1.165) is 12.8 Å². The molecule has 1 aromatic rings. The fraction of sp³-hybridized carbons (Fsp3) is 0.556. The van der Waals surface area contributed by atoms with Crippen LogP contribution in [-0.4, -0.2) is 10.2 Å². The first kappa shape index (κ1) is 7.83. The molecule has 1 heterocycles. The monoisotopic (exact) mass is 168 g/mol. The van der Waals surface area contributed by atoms with Crippen LogP contribution in [0.25, 0.3) is 0 Å². The highest BCUT2D eigenvalue weighted by Crippen LogP contribution is 2.41. The lowest BCUT2D eigenvalue weighted by molar-refractivity contribution is 0.121. The van der Waals surface area contributed by atoms with Gasteiger partial charge in [-0.1, -0.05) is 0 Å². The molecule has 66 valence electrons. The number of aliphatic hydroxyl groups excluding tert-OH is 2. The number of rotatable bonds is 3. The average Bonchev–Trinajstić information content (AvgIpc) is 2.82. The second-order valence-corrected chi connectivity index (χ2v) is 3.24. The highest BCUT2D eigenvalue weighted by atomic mass is 16.4. The van der Waals surface area contributed by atoms with Gasteiger partial charge in [0.1, 0.15) is 24.2 Å². The van der Waals surface area contributed by atoms with E-state index in [-0.39, 0.29) is 6.61 Å². The summed E-state index contributed by atoms with van der Waals surface area (Å²) in [6, 6.07) is 3.43. The molecule has 0 saturated heterocycles. The summed E-state index contributed by atoms with van der Waals surface area (Å²) in [5, 5.41) is 18.3. The number of furan rings is 1. The fourth-order valence-corrected chi connectivity index (χ4v) is 1.28. The van der Waals surface area contributed by atoms with Crippen molar-refractivity contribution in [1.82, 2.24) is 0 Å². The van der Waals surface area contributed by atoms with Crippen molar-refractivity contribution in [2.24, 2.45) is 5.92 Å². The van der Waals surface area contributed by atoms with E-state index in [1.807, 2.05) is 0 Å². The summed E-state index contributed by atoms with van der Waals surface area (Å²) in [4.78, 5) is 0. The molecule has 0 amide bonds. The molecule has 0 bridgehead atoms. The lowest BCUT2D eigenvalue weighted by Crippen LogP contribution is -1.96. The highest BCUT2D eigenvalue weighted by Gasteiger charge is 2.32. The molecule has 3 heteroatoms. The molecule has 1 aromatic heterocycles. The van der Waals surface area contributed by atoms with Gasteiger partial charge >= 0.3 is 0 Å². The number of aliphatic hydroxyl groups is 2. The Kier molecular flexibility index (Phi) is 1.90. The zero-order valence-electron chi connectivity index (χ0n) is 6.73. The van der Waals surface area contributed by atoms with Crippen LogP contribution in [-0.2, 0) is 6.61 Å². The van der Waals surface area contributed by atoms with E-state index in [1.165, 1.54) is 0 Å². The first-order chi connectivity index (χ1) is 5.81. The second kappa shape index (κ2) is 2.92. The highest BCUT2D eigenvalue weighted by molar-refractivity contribution is 5.10. The topological polar surface area (TPSA) is 53.6 Å². The van der Waals surface area contributed by atoms with Gasteiger partial charge in [0.2, 0.25) is 0 Å². The van der Waals surface area contributed by atoms with E-state index >= 15 is 0 Å². The first-order valence-corrected chi connectivity index (χ1v) is 4.19. The molecule has 3 nitrogen and oxygen atoms in total. The third kappa shape index (κ3) is 1.38. The molecule has 0 aliphatic heterocycles. The van der Waals surface area contributed by atoms with Crippen molar-refractivity contribution in [1.29, 1.82) is 0 Å². The summed E-state index contributed by atoms with van der Waals surface area (Å²) < 4.78 is 5.20. The summed E-state index contributed by atoms with van der Waals surface area (Å²) in [7, 11) is 0. The Labute approximate surface area is 70.6 Å². The van der Waals surface area contributed by atoms with Crippen molar-refractivity contribution in [3.63, 3.8) is 0 Å². The lowest BCUT2D eigenvalue weighted by Gasteiger charge is -2.03. The van der Waals surface area contributed by atoms with E-state index in [4.69, 9.17) is 9.52 Å². The van der Waals surface area contributed by atoms with Gasteiger partial charge in [-0.25, -0.2) is 0 Å². The fourth-order valence-electron chi connectivity index (χ4n) is 1.28. The van der Waals surface area contributed by atoms with Gasteiger partial charge in [0.25, 0.3) is 0 Å². The molecule has 1 atom stereocenters. The largest absolute Gasteiger partial charge is 0.461 e. The quantitative estimate of drug-likeness (QED) is 0.713. The minimum Gasteiger partial charge on any atom is -0.461 e. The van der Waals surface area contributed by atoms with Gasteiger partial charge in [-0.3, -0.25) is 0 Å². The van der Waals surface area contributed by atoms with Gasteiger partial charge in [-0.15, -0.1) is 0 Å². The van der Waals surface area contributed by atoms with Crippen LogP contribution < -0.4 is 0 Å². The van der Waals surface area contributed by atoms with E-state index in [0.29, 0.717) is 17.4 Å². The van der Waals surface area contributed by atoms with Crippen molar-refractivity contribution in [2.45, 2.75) is 25.6 Å². The standard InChI is InChI=1S/C9H12O3/c10-5-7-3-4-8(12-7)9(11)6-1-2-6/h3-4,6,9-11H,1-2,5H2. The normalized spacial score (nSPS) is 19.5. The summed E-state index contributed by atoms with van der Waals surface area (Å²) >= 11 is 0. The van der Waals surface area contributed by atoms with Crippen molar-refractivity contribution in [3.05, 3.63) is 23.7 Å². The van der Waals surface area contributed by atoms with Crippen LogP contribution in [0, 0.1) is 5.92 Å². The number of hydrogen-bond acceptors (Lipinski definition) is 3. The lowest BCUT2D eigenvalue weighted by atomic mass is 10.2. The van der Waals surface area contributed by atoms with Gasteiger partial charge in [-0.05, 0) is 30.9 Å². The van der Waals surface area contributed by atoms with Gasteiger partial charge in [-0.2, -0.15) is 0 Å². The molecule has 1 aliphatic rings. The van der Waals surface area contributed by atoms with Crippen LogP contribution in [0.15, 0.2) is 16.5 Å². The summed E-state index contributed by atoms with van der Waals surface area (Å²) in [5.74, 6) is 1.48. The van der Waals surface area contributed by atoms with Crippen molar-refractivity contribution >= 4 is 0 Å². The average molecular weight is 168 g/mol. The second-order valence-electron chi connectivity index (χ2n) is 3.24. The van der Waals surface area contributed by atoms with E-state index in [9.17, 15) is 5.11 Å². The van der Waals surface area contributed by atoms with Crippen LogP contribution in [0.1, 0.15) is 30.5 Å². The van der Waals surface area contributed by atoms with Gasteiger partial charge in [0.05, 0.1) is 0 Å². The molecular formula is C9H12O3. The third-order valence-electron chi connectivity index (χ3n) is 2.20. The Bertz CT molecular complexity index is 262. The molecule has 12 heavy (non-hydrogen) atoms.